The molecule has 0 saturated heterocycles. The fourth-order valence-corrected chi connectivity index (χ4v) is 2.85. The van der Waals surface area contributed by atoms with Crippen molar-refractivity contribution in [3.05, 3.63) is 82.9 Å². The molecule has 2 aromatic rings. The van der Waals surface area contributed by atoms with E-state index in [4.69, 9.17) is 14.9 Å². The summed E-state index contributed by atoms with van der Waals surface area (Å²) in [5.74, 6) is 0.785. The first kappa shape index (κ1) is 15.3. The number of carbonyl (C=O) groups is 1. The molecule has 2 N–H and O–H groups in total. The molecule has 1 aromatic heterocycles. The van der Waals surface area contributed by atoms with Crippen LogP contribution in [-0.4, -0.2) is 21.8 Å². The van der Waals surface area contributed by atoms with Gasteiger partial charge in [-0.3, -0.25) is 10.0 Å². The fourth-order valence-electron chi connectivity index (χ4n) is 2.85. The SMILES string of the molecule is O=C(NO)c1ccc(C2=NC3=C(CCC=C3)Oc3ncccc32)cc1. The number of pyridine rings is 1. The Morgan fingerprint density at radius 1 is 1.20 bits per heavy atom. The molecule has 2 heterocycles. The van der Waals surface area contributed by atoms with Crippen LogP contribution in [0, 0.1) is 0 Å². The molecule has 1 aromatic carbocycles. The zero-order valence-corrected chi connectivity index (χ0v) is 13.3. The molecule has 0 atom stereocenters. The Labute approximate surface area is 144 Å². The van der Waals surface area contributed by atoms with E-state index in [2.05, 4.69) is 11.1 Å². The number of allylic oxidation sites excluding steroid dienone is 3. The molecule has 0 spiro atoms. The van der Waals surface area contributed by atoms with Crippen molar-refractivity contribution < 1.29 is 14.7 Å². The summed E-state index contributed by atoms with van der Waals surface area (Å²) in [4.78, 5) is 20.6. The molecule has 1 aliphatic heterocycles. The molecule has 2 aliphatic rings. The van der Waals surface area contributed by atoms with Crippen LogP contribution < -0.4 is 10.2 Å². The van der Waals surface area contributed by atoms with Crippen LogP contribution in [0.1, 0.15) is 34.3 Å². The van der Waals surface area contributed by atoms with Crippen LogP contribution in [0.4, 0.5) is 0 Å². The van der Waals surface area contributed by atoms with Crippen molar-refractivity contribution in [2.24, 2.45) is 4.99 Å². The van der Waals surface area contributed by atoms with Crippen LogP contribution in [0.2, 0.25) is 0 Å². The first-order chi connectivity index (χ1) is 12.3. The summed E-state index contributed by atoms with van der Waals surface area (Å²) in [5, 5.41) is 8.74. The third-order valence-electron chi connectivity index (χ3n) is 4.10. The largest absolute Gasteiger partial charge is 0.440 e. The van der Waals surface area contributed by atoms with Crippen LogP contribution in [0.15, 0.2) is 71.2 Å². The summed E-state index contributed by atoms with van der Waals surface area (Å²) in [6.07, 6.45) is 7.42. The van der Waals surface area contributed by atoms with Gasteiger partial charge in [-0.05, 0) is 36.8 Å². The number of hydrogen-bond donors (Lipinski definition) is 2. The van der Waals surface area contributed by atoms with Gasteiger partial charge >= 0.3 is 0 Å². The quantitative estimate of drug-likeness (QED) is 0.654. The second-order valence-corrected chi connectivity index (χ2v) is 5.69. The molecular formula is C19H15N3O3. The van der Waals surface area contributed by atoms with Crippen molar-refractivity contribution in [1.29, 1.82) is 0 Å². The van der Waals surface area contributed by atoms with E-state index >= 15 is 0 Å². The van der Waals surface area contributed by atoms with Crippen LogP contribution in [0.5, 0.6) is 5.88 Å². The maximum Gasteiger partial charge on any atom is 0.274 e. The van der Waals surface area contributed by atoms with Crippen molar-refractivity contribution in [2.75, 3.05) is 0 Å². The van der Waals surface area contributed by atoms with Crippen LogP contribution in [0.25, 0.3) is 0 Å². The number of aliphatic imine (C=N–C) groups is 1. The number of amides is 1. The zero-order valence-electron chi connectivity index (χ0n) is 13.3. The van der Waals surface area contributed by atoms with Gasteiger partial charge in [-0.2, -0.15) is 0 Å². The Morgan fingerprint density at radius 3 is 2.84 bits per heavy atom. The molecule has 6 nitrogen and oxygen atoms in total. The molecule has 124 valence electrons. The van der Waals surface area contributed by atoms with Crippen molar-refractivity contribution in [2.45, 2.75) is 12.8 Å². The standard InChI is InChI=1S/C19H15N3O3/c23-18(22-24)13-9-7-12(8-10-13)17-14-4-3-11-20-19(14)25-16-6-2-1-5-15(16)21-17/h1,3-5,7-11,24H,2,6H2,(H,22,23). The predicted octanol–water partition coefficient (Wildman–Crippen LogP) is 2.99. The Balaban J connectivity index is 1.83. The van der Waals surface area contributed by atoms with E-state index in [1.165, 1.54) is 0 Å². The topological polar surface area (TPSA) is 83.8 Å². The Hall–Kier alpha value is -3.25. The monoisotopic (exact) mass is 333 g/mol. The molecule has 4 rings (SSSR count). The first-order valence-electron chi connectivity index (χ1n) is 7.93. The minimum absolute atomic E-state index is 0.362. The number of benzene rings is 1. The number of rotatable bonds is 2. The number of ether oxygens (including phenoxy) is 1. The van der Waals surface area contributed by atoms with Gasteiger partial charge in [0.05, 0.1) is 11.3 Å². The number of nitrogens with one attached hydrogen (secondary N) is 1. The number of carbonyl (C=O) groups excluding carboxylic acids is 1. The summed E-state index contributed by atoms with van der Waals surface area (Å²) in [6, 6.07) is 10.6. The smallest absolute Gasteiger partial charge is 0.274 e. The number of hydroxylamine groups is 1. The van der Waals surface area contributed by atoms with Gasteiger partial charge < -0.3 is 4.74 Å². The van der Waals surface area contributed by atoms with Gasteiger partial charge in [0, 0.05) is 23.7 Å². The van der Waals surface area contributed by atoms with Crippen LogP contribution in [-0.2, 0) is 0 Å². The summed E-state index contributed by atoms with van der Waals surface area (Å²) < 4.78 is 6.00. The minimum Gasteiger partial charge on any atom is -0.440 e. The number of nitrogens with zero attached hydrogens (tertiary/aromatic N) is 2. The Bertz CT molecular complexity index is 927. The molecule has 1 aliphatic carbocycles. The molecular weight excluding hydrogens is 318 g/mol. The predicted molar refractivity (Wildman–Crippen MR) is 91.6 cm³/mol. The molecule has 0 saturated carbocycles. The highest BCUT2D eigenvalue weighted by molar-refractivity contribution is 6.15. The fraction of sp³-hybridized carbons (Fsp3) is 0.105. The van der Waals surface area contributed by atoms with Gasteiger partial charge in [-0.15, -0.1) is 0 Å². The van der Waals surface area contributed by atoms with Crippen LogP contribution in [0.3, 0.4) is 0 Å². The van der Waals surface area contributed by atoms with Crippen molar-refractivity contribution in [1.82, 2.24) is 10.5 Å². The van der Waals surface area contributed by atoms with E-state index < -0.39 is 5.91 Å². The number of aromatic nitrogens is 1. The van der Waals surface area contributed by atoms with E-state index in [0.29, 0.717) is 11.4 Å². The highest BCUT2D eigenvalue weighted by atomic mass is 16.5. The van der Waals surface area contributed by atoms with E-state index in [0.717, 1.165) is 41.1 Å². The third kappa shape index (κ3) is 2.83. The Kier molecular flexibility index (Phi) is 3.87. The van der Waals surface area contributed by atoms with Gasteiger partial charge in [0.15, 0.2) is 0 Å². The molecule has 0 fully saturated rings. The number of fused-ring (bicyclic) bond motifs is 1. The Morgan fingerprint density at radius 2 is 2.04 bits per heavy atom. The van der Waals surface area contributed by atoms with Gasteiger partial charge in [0.2, 0.25) is 5.88 Å². The van der Waals surface area contributed by atoms with Crippen molar-refractivity contribution in [3.63, 3.8) is 0 Å². The minimum atomic E-state index is -0.556. The van der Waals surface area contributed by atoms with Gasteiger partial charge in [0.25, 0.3) is 5.91 Å². The lowest BCUT2D eigenvalue weighted by Crippen LogP contribution is -2.18. The van der Waals surface area contributed by atoms with E-state index in [-0.39, 0.29) is 0 Å². The lowest BCUT2D eigenvalue weighted by Gasteiger charge is -2.12. The molecule has 0 unspecified atom stereocenters. The highest BCUT2D eigenvalue weighted by Gasteiger charge is 2.22. The second kappa shape index (κ2) is 6.33. The summed E-state index contributed by atoms with van der Waals surface area (Å²) in [5.41, 5.74) is 5.14. The highest BCUT2D eigenvalue weighted by Crippen LogP contribution is 2.31. The molecule has 6 heteroatoms. The molecule has 0 radical (unpaired) electrons. The van der Waals surface area contributed by atoms with Crippen molar-refractivity contribution in [3.8, 4) is 5.88 Å². The van der Waals surface area contributed by atoms with Crippen LogP contribution >= 0.6 is 0 Å². The summed E-state index contributed by atoms with van der Waals surface area (Å²) >= 11 is 0. The van der Waals surface area contributed by atoms with E-state index in [1.807, 2.05) is 18.2 Å². The average Bonchev–Trinajstić information content (AvgIpc) is 2.84. The maximum atomic E-state index is 11.5. The van der Waals surface area contributed by atoms with Gasteiger partial charge in [-0.25, -0.2) is 15.5 Å². The average molecular weight is 333 g/mol. The maximum absolute atomic E-state index is 11.5. The van der Waals surface area contributed by atoms with Crippen molar-refractivity contribution >= 4 is 11.6 Å². The lowest BCUT2D eigenvalue weighted by atomic mass is 10.0. The molecule has 25 heavy (non-hydrogen) atoms. The normalized spacial score (nSPS) is 15.5. The van der Waals surface area contributed by atoms with E-state index in [9.17, 15) is 4.79 Å². The lowest BCUT2D eigenvalue weighted by molar-refractivity contribution is 0.0706. The van der Waals surface area contributed by atoms with E-state index in [1.54, 1.807) is 35.9 Å². The number of hydrogen-bond acceptors (Lipinski definition) is 5. The third-order valence-corrected chi connectivity index (χ3v) is 4.10. The van der Waals surface area contributed by atoms with Gasteiger partial charge in [0.1, 0.15) is 11.5 Å². The summed E-state index contributed by atoms with van der Waals surface area (Å²) in [6.45, 7) is 0. The second-order valence-electron chi connectivity index (χ2n) is 5.69. The zero-order chi connectivity index (χ0) is 17.2. The van der Waals surface area contributed by atoms with Gasteiger partial charge in [-0.1, -0.05) is 18.2 Å². The molecule has 1 amide bonds. The molecule has 0 bridgehead atoms. The summed E-state index contributed by atoms with van der Waals surface area (Å²) in [7, 11) is 0. The first-order valence-corrected chi connectivity index (χ1v) is 7.93.